The fourth-order valence-electron chi connectivity index (χ4n) is 2.37. The molecule has 0 bridgehead atoms. The third-order valence-corrected chi connectivity index (χ3v) is 3.76. The summed E-state index contributed by atoms with van der Waals surface area (Å²) in [6, 6.07) is 7.41. The molecule has 1 N–H and O–H groups in total. The molecular formula is C17H28FNO. The van der Waals surface area contributed by atoms with E-state index in [1.54, 1.807) is 19.2 Å². The minimum Gasteiger partial charge on any atom is -0.385 e. The van der Waals surface area contributed by atoms with Crippen molar-refractivity contribution in [3.8, 4) is 0 Å². The van der Waals surface area contributed by atoms with E-state index in [-0.39, 0.29) is 5.82 Å². The molecule has 114 valence electrons. The first-order valence-electron chi connectivity index (χ1n) is 7.49. The molecule has 1 rings (SSSR count). The van der Waals surface area contributed by atoms with Gasteiger partial charge in [0, 0.05) is 19.8 Å². The molecule has 2 atom stereocenters. The van der Waals surface area contributed by atoms with Gasteiger partial charge in [-0.2, -0.15) is 0 Å². The second-order valence-corrected chi connectivity index (χ2v) is 5.92. The zero-order valence-electron chi connectivity index (χ0n) is 13.2. The number of ether oxygens (including phenoxy) is 1. The van der Waals surface area contributed by atoms with Gasteiger partial charge in [0.1, 0.15) is 5.82 Å². The number of nitrogens with one attached hydrogen (secondary N) is 1. The lowest BCUT2D eigenvalue weighted by Gasteiger charge is -2.25. The third-order valence-electron chi connectivity index (χ3n) is 3.76. The highest BCUT2D eigenvalue weighted by molar-refractivity contribution is 5.17. The van der Waals surface area contributed by atoms with E-state index in [1.807, 2.05) is 6.07 Å². The monoisotopic (exact) mass is 281 g/mol. The predicted octanol–water partition coefficient (Wildman–Crippen LogP) is 3.66. The number of hydrogen-bond donors (Lipinski definition) is 1. The number of methoxy groups -OCH3 is 1. The Kier molecular flexibility index (Phi) is 7.78. The van der Waals surface area contributed by atoms with Crippen LogP contribution < -0.4 is 5.32 Å². The van der Waals surface area contributed by atoms with Crippen molar-refractivity contribution >= 4 is 0 Å². The second kappa shape index (κ2) is 9.09. The molecule has 0 radical (unpaired) electrons. The average Bonchev–Trinajstić information content (AvgIpc) is 2.40. The largest absolute Gasteiger partial charge is 0.385 e. The molecule has 3 heteroatoms. The molecule has 1 aromatic carbocycles. The molecule has 0 saturated carbocycles. The molecule has 0 aromatic heterocycles. The van der Waals surface area contributed by atoms with Crippen molar-refractivity contribution in [1.82, 2.24) is 5.32 Å². The van der Waals surface area contributed by atoms with Crippen molar-refractivity contribution in [1.29, 1.82) is 0 Å². The minimum atomic E-state index is -0.150. The second-order valence-electron chi connectivity index (χ2n) is 5.92. The van der Waals surface area contributed by atoms with Gasteiger partial charge in [-0.25, -0.2) is 4.39 Å². The van der Waals surface area contributed by atoms with Gasteiger partial charge < -0.3 is 10.1 Å². The van der Waals surface area contributed by atoms with E-state index in [9.17, 15) is 4.39 Å². The first-order chi connectivity index (χ1) is 9.52. The molecule has 0 amide bonds. The van der Waals surface area contributed by atoms with Gasteiger partial charge in [0.2, 0.25) is 0 Å². The normalized spacial score (nSPS) is 14.5. The number of halogens is 1. The average molecular weight is 281 g/mol. The van der Waals surface area contributed by atoms with Crippen LogP contribution in [0.15, 0.2) is 24.3 Å². The van der Waals surface area contributed by atoms with E-state index in [1.165, 1.54) is 6.07 Å². The quantitative estimate of drug-likeness (QED) is 0.746. The van der Waals surface area contributed by atoms with Crippen molar-refractivity contribution < 1.29 is 9.13 Å². The van der Waals surface area contributed by atoms with Gasteiger partial charge in [-0.15, -0.1) is 0 Å². The molecule has 0 saturated heterocycles. The smallest absolute Gasteiger partial charge is 0.123 e. The fourth-order valence-corrected chi connectivity index (χ4v) is 2.37. The molecule has 0 aliphatic carbocycles. The molecule has 0 aliphatic heterocycles. The maximum Gasteiger partial charge on any atom is 0.123 e. The lowest BCUT2D eigenvalue weighted by Crippen LogP contribution is -2.33. The van der Waals surface area contributed by atoms with Gasteiger partial charge >= 0.3 is 0 Å². The third kappa shape index (κ3) is 6.49. The Balaban J connectivity index is 2.65. The maximum atomic E-state index is 13.3. The summed E-state index contributed by atoms with van der Waals surface area (Å²) in [6.45, 7) is 8.30. The van der Waals surface area contributed by atoms with Crippen molar-refractivity contribution in [3.05, 3.63) is 35.6 Å². The summed E-state index contributed by atoms with van der Waals surface area (Å²) in [6.07, 6.45) is 1.94. The van der Waals surface area contributed by atoms with E-state index in [0.29, 0.717) is 17.9 Å². The first-order valence-corrected chi connectivity index (χ1v) is 7.49. The maximum absolute atomic E-state index is 13.3. The highest BCUT2D eigenvalue weighted by Gasteiger charge is 2.18. The first kappa shape index (κ1) is 17.1. The zero-order valence-corrected chi connectivity index (χ0v) is 13.2. The van der Waals surface area contributed by atoms with Crippen molar-refractivity contribution in [2.24, 2.45) is 11.8 Å². The summed E-state index contributed by atoms with van der Waals surface area (Å²) in [4.78, 5) is 0. The van der Waals surface area contributed by atoms with Crippen LogP contribution in [0.1, 0.15) is 32.8 Å². The van der Waals surface area contributed by atoms with E-state index in [0.717, 1.165) is 31.6 Å². The Morgan fingerprint density at radius 3 is 2.60 bits per heavy atom. The van der Waals surface area contributed by atoms with Gasteiger partial charge in [0.05, 0.1) is 0 Å². The van der Waals surface area contributed by atoms with Gasteiger partial charge in [-0.3, -0.25) is 0 Å². The van der Waals surface area contributed by atoms with Crippen LogP contribution in [0.2, 0.25) is 0 Å². The van der Waals surface area contributed by atoms with Gasteiger partial charge in [-0.1, -0.05) is 32.9 Å². The summed E-state index contributed by atoms with van der Waals surface area (Å²) >= 11 is 0. The number of hydrogen-bond acceptors (Lipinski definition) is 2. The molecule has 0 heterocycles. The van der Waals surface area contributed by atoms with E-state index in [2.05, 4.69) is 26.1 Å². The van der Waals surface area contributed by atoms with Crippen LogP contribution in [0.25, 0.3) is 0 Å². The van der Waals surface area contributed by atoms with Gasteiger partial charge in [0.25, 0.3) is 0 Å². The number of benzene rings is 1. The zero-order chi connectivity index (χ0) is 15.0. The van der Waals surface area contributed by atoms with Crippen LogP contribution in [0.4, 0.5) is 4.39 Å². The van der Waals surface area contributed by atoms with Crippen LogP contribution in [0, 0.1) is 17.7 Å². The lowest BCUT2D eigenvalue weighted by atomic mass is 9.86. The van der Waals surface area contributed by atoms with E-state index >= 15 is 0 Å². The van der Waals surface area contributed by atoms with E-state index in [4.69, 9.17) is 4.74 Å². The molecule has 2 unspecified atom stereocenters. The Hall–Kier alpha value is -0.930. The summed E-state index contributed by atoms with van der Waals surface area (Å²) in [5, 5.41) is 3.50. The lowest BCUT2D eigenvalue weighted by molar-refractivity contribution is 0.163. The molecular weight excluding hydrogens is 253 g/mol. The molecule has 0 aliphatic rings. The summed E-state index contributed by atoms with van der Waals surface area (Å²) in [5.41, 5.74) is 1.07. The molecule has 20 heavy (non-hydrogen) atoms. The van der Waals surface area contributed by atoms with Crippen LogP contribution >= 0.6 is 0 Å². The molecule has 0 spiro atoms. The van der Waals surface area contributed by atoms with Crippen molar-refractivity contribution in [3.63, 3.8) is 0 Å². The Bertz CT molecular complexity index is 381. The summed E-state index contributed by atoms with van der Waals surface area (Å²) in [5.74, 6) is 0.890. The van der Waals surface area contributed by atoms with Gasteiger partial charge in [-0.05, 0) is 48.9 Å². The topological polar surface area (TPSA) is 21.3 Å². The SMILES string of the molecule is COCCC(C)C(CNC(C)C)Cc1cccc(F)c1. The standard InChI is InChI=1S/C17H28FNO/c1-13(2)19-12-16(14(3)8-9-20-4)10-15-6-5-7-17(18)11-15/h5-7,11,13-14,16,19H,8-10,12H2,1-4H3. The number of rotatable bonds is 9. The molecule has 1 aromatic rings. The van der Waals surface area contributed by atoms with Gasteiger partial charge in [0.15, 0.2) is 0 Å². The van der Waals surface area contributed by atoms with Crippen molar-refractivity contribution in [2.75, 3.05) is 20.3 Å². The predicted molar refractivity (Wildman–Crippen MR) is 82.4 cm³/mol. The van der Waals surface area contributed by atoms with E-state index < -0.39 is 0 Å². The minimum absolute atomic E-state index is 0.150. The highest BCUT2D eigenvalue weighted by Crippen LogP contribution is 2.21. The van der Waals surface area contributed by atoms with Crippen LogP contribution in [-0.2, 0) is 11.2 Å². The molecule has 0 fully saturated rings. The van der Waals surface area contributed by atoms with Crippen LogP contribution in [0.5, 0.6) is 0 Å². The van der Waals surface area contributed by atoms with Crippen LogP contribution in [0.3, 0.4) is 0 Å². The fraction of sp³-hybridized carbons (Fsp3) is 0.647. The summed E-state index contributed by atoms with van der Waals surface area (Å²) < 4.78 is 18.5. The Morgan fingerprint density at radius 1 is 1.25 bits per heavy atom. The van der Waals surface area contributed by atoms with Crippen LogP contribution in [-0.4, -0.2) is 26.3 Å². The summed E-state index contributed by atoms with van der Waals surface area (Å²) in [7, 11) is 1.74. The van der Waals surface area contributed by atoms with Crippen molar-refractivity contribution in [2.45, 2.75) is 39.7 Å². The Morgan fingerprint density at radius 2 is 2.00 bits per heavy atom. The highest BCUT2D eigenvalue weighted by atomic mass is 19.1. The Labute approximate surface area is 122 Å². The molecule has 2 nitrogen and oxygen atoms in total.